The lowest BCUT2D eigenvalue weighted by atomic mass is 10.1. The normalized spacial score (nSPS) is 10.6. The summed E-state index contributed by atoms with van der Waals surface area (Å²) in [6.07, 6.45) is 0. The minimum Gasteiger partial charge on any atom is -0.618 e. The van der Waals surface area contributed by atoms with Crippen LogP contribution < -0.4 is 18.9 Å². The molecule has 10 heteroatoms. The predicted molar refractivity (Wildman–Crippen MR) is 126 cm³/mol. The van der Waals surface area contributed by atoms with Crippen molar-refractivity contribution in [3.05, 3.63) is 58.6 Å². The van der Waals surface area contributed by atoms with Crippen molar-refractivity contribution in [1.82, 2.24) is 4.98 Å². The molecule has 0 spiro atoms. The van der Waals surface area contributed by atoms with E-state index >= 15 is 0 Å². The van der Waals surface area contributed by atoms with Crippen LogP contribution in [-0.4, -0.2) is 43.4 Å². The van der Waals surface area contributed by atoms with Gasteiger partial charge in [-0.3, -0.25) is 0 Å². The van der Waals surface area contributed by atoms with Crippen LogP contribution in [-0.2, 0) is 16.1 Å². The molecule has 0 fully saturated rings. The summed E-state index contributed by atoms with van der Waals surface area (Å²) in [5, 5.41) is 12.9. The number of aromatic nitrogens is 2. The Hall–Kier alpha value is -4.08. The second kappa shape index (κ2) is 11.9. The van der Waals surface area contributed by atoms with Crippen molar-refractivity contribution in [3.63, 3.8) is 0 Å². The average molecular weight is 485 g/mol. The molecular formula is C25H28N2O8. The van der Waals surface area contributed by atoms with E-state index < -0.39 is 18.5 Å². The van der Waals surface area contributed by atoms with Crippen LogP contribution in [0, 0.1) is 5.21 Å². The van der Waals surface area contributed by atoms with E-state index in [-0.39, 0.29) is 29.1 Å². The zero-order chi connectivity index (χ0) is 25.4. The molecule has 0 aliphatic carbocycles. The molecule has 0 atom stereocenters. The fourth-order valence-corrected chi connectivity index (χ4v) is 3.39. The average Bonchev–Trinajstić information content (AvgIpc) is 2.84. The summed E-state index contributed by atoms with van der Waals surface area (Å²) in [5.41, 5.74) is 0.329. The van der Waals surface area contributed by atoms with E-state index in [2.05, 4.69) is 4.98 Å². The maximum atomic E-state index is 13.0. The van der Waals surface area contributed by atoms with Gasteiger partial charge in [0.2, 0.25) is 11.3 Å². The zero-order valence-corrected chi connectivity index (χ0v) is 20.2. The topological polar surface area (TPSA) is 120 Å². The van der Waals surface area contributed by atoms with E-state index in [1.54, 1.807) is 25.1 Å². The largest absolute Gasteiger partial charge is 0.618 e. The maximum absolute atomic E-state index is 13.0. The van der Waals surface area contributed by atoms with Crippen molar-refractivity contribution in [2.75, 3.05) is 26.4 Å². The van der Waals surface area contributed by atoms with Crippen LogP contribution in [0.5, 0.6) is 17.2 Å². The third-order valence-corrected chi connectivity index (χ3v) is 4.79. The molecule has 0 aliphatic heterocycles. The first kappa shape index (κ1) is 25.5. The number of benzene rings is 2. The lowest BCUT2D eigenvalue weighted by Gasteiger charge is -2.17. The van der Waals surface area contributed by atoms with Crippen LogP contribution in [0.15, 0.2) is 36.4 Å². The van der Waals surface area contributed by atoms with Gasteiger partial charge in [-0.2, -0.15) is 4.73 Å². The molecule has 1 heterocycles. The molecule has 0 amide bonds. The van der Waals surface area contributed by atoms with E-state index in [1.165, 1.54) is 18.2 Å². The summed E-state index contributed by atoms with van der Waals surface area (Å²) in [6, 6.07) is 9.52. The number of hydrogen-bond donors (Lipinski definition) is 0. The Labute approximate surface area is 202 Å². The van der Waals surface area contributed by atoms with E-state index in [4.69, 9.17) is 23.7 Å². The van der Waals surface area contributed by atoms with Gasteiger partial charge < -0.3 is 28.9 Å². The number of ether oxygens (including phenoxy) is 5. The smallest absolute Gasteiger partial charge is 0.407 e. The highest BCUT2D eigenvalue weighted by atomic mass is 16.6. The van der Waals surface area contributed by atoms with Crippen LogP contribution in [0.25, 0.3) is 11.0 Å². The number of rotatable bonds is 11. The first-order chi connectivity index (χ1) is 16.9. The van der Waals surface area contributed by atoms with Gasteiger partial charge in [-0.25, -0.2) is 14.6 Å². The van der Waals surface area contributed by atoms with Gasteiger partial charge in [0, 0.05) is 6.07 Å². The van der Waals surface area contributed by atoms with Crippen LogP contribution in [0.1, 0.15) is 54.2 Å². The third kappa shape index (κ3) is 5.71. The molecule has 0 unspecified atom stereocenters. The predicted octanol–water partition coefficient (Wildman–Crippen LogP) is 3.60. The van der Waals surface area contributed by atoms with Gasteiger partial charge in [-0.05, 0) is 45.9 Å². The van der Waals surface area contributed by atoms with Gasteiger partial charge >= 0.3 is 17.6 Å². The number of carbonyl (C=O) groups excluding carboxylic acids is 2. The number of fused-ring (bicyclic) bond motifs is 1. The van der Waals surface area contributed by atoms with Crippen molar-refractivity contribution in [1.29, 1.82) is 0 Å². The maximum Gasteiger partial charge on any atom is 0.407 e. The summed E-state index contributed by atoms with van der Waals surface area (Å²) < 4.78 is 27.8. The van der Waals surface area contributed by atoms with Crippen molar-refractivity contribution in [2.45, 2.75) is 34.3 Å². The van der Waals surface area contributed by atoms with Crippen molar-refractivity contribution in [2.24, 2.45) is 0 Å². The molecule has 0 bridgehead atoms. The Morgan fingerprint density at radius 1 is 0.857 bits per heavy atom. The molecule has 3 aromatic rings. The van der Waals surface area contributed by atoms with Gasteiger partial charge in [0.15, 0.2) is 17.2 Å². The van der Waals surface area contributed by atoms with Crippen LogP contribution in [0.4, 0.5) is 0 Å². The highest BCUT2D eigenvalue weighted by molar-refractivity contribution is 5.92. The van der Waals surface area contributed by atoms with Gasteiger partial charge in [0.1, 0.15) is 12.1 Å². The van der Waals surface area contributed by atoms with Gasteiger partial charge in [-0.1, -0.05) is 12.1 Å². The Bertz CT molecular complexity index is 1180. The molecule has 1 aromatic heterocycles. The minimum atomic E-state index is -0.856. The molecule has 186 valence electrons. The van der Waals surface area contributed by atoms with Gasteiger partial charge in [0.25, 0.3) is 0 Å². The van der Waals surface area contributed by atoms with Gasteiger partial charge in [-0.15, -0.1) is 0 Å². The standard InChI is InChI=1S/C25H28N2O8/c1-5-31-20-13-16(14-21(32-6-2)23(20)33-7-3)24(28)35-15-18-22(25(29)34-8-4)27(30)19-12-10-9-11-17(19)26-18/h9-14H,5-8,15H2,1-4H3. The molecular weight excluding hydrogens is 456 g/mol. The van der Waals surface area contributed by atoms with Crippen molar-refractivity contribution >= 4 is 23.0 Å². The molecule has 3 rings (SSSR count). The Balaban J connectivity index is 1.96. The summed E-state index contributed by atoms with van der Waals surface area (Å²) in [4.78, 5) is 29.8. The van der Waals surface area contributed by atoms with E-state index in [0.717, 1.165) is 0 Å². The number of para-hydroxylation sites is 2. The first-order valence-corrected chi connectivity index (χ1v) is 11.4. The molecule has 0 saturated heterocycles. The van der Waals surface area contributed by atoms with Crippen molar-refractivity contribution in [3.8, 4) is 17.2 Å². The summed E-state index contributed by atoms with van der Waals surface area (Å²) >= 11 is 0. The highest BCUT2D eigenvalue weighted by Gasteiger charge is 2.29. The Morgan fingerprint density at radius 2 is 1.49 bits per heavy atom. The minimum absolute atomic E-state index is 0.0218. The van der Waals surface area contributed by atoms with Crippen LogP contribution in [0.2, 0.25) is 0 Å². The highest BCUT2D eigenvalue weighted by Crippen LogP contribution is 2.39. The molecule has 35 heavy (non-hydrogen) atoms. The van der Waals surface area contributed by atoms with Crippen LogP contribution in [0.3, 0.4) is 0 Å². The molecule has 0 aliphatic rings. The molecule has 0 radical (unpaired) electrons. The zero-order valence-electron chi connectivity index (χ0n) is 20.2. The van der Waals surface area contributed by atoms with Gasteiger partial charge in [0.05, 0.1) is 32.0 Å². The van der Waals surface area contributed by atoms with E-state index in [0.29, 0.717) is 47.3 Å². The molecule has 0 N–H and O–H groups in total. The summed E-state index contributed by atoms with van der Waals surface area (Å²) in [7, 11) is 0. The van der Waals surface area contributed by atoms with Crippen LogP contribution >= 0.6 is 0 Å². The number of nitrogens with zero attached hydrogens (tertiary/aromatic N) is 2. The Morgan fingerprint density at radius 3 is 2.09 bits per heavy atom. The lowest BCUT2D eigenvalue weighted by molar-refractivity contribution is -0.581. The molecule has 0 saturated carbocycles. The SMILES string of the molecule is CCOC(=O)c1c(COC(=O)c2cc(OCC)c(OCC)c(OCC)c2)nc2ccccc2[n+]1[O-]. The lowest BCUT2D eigenvalue weighted by Crippen LogP contribution is -2.39. The first-order valence-electron chi connectivity index (χ1n) is 11.4. The summed E-state index contributed by atoms with van der Waals surface area (Å²) in [6.45, 7) is 7.77. The third-order valence-electron chi connectivity index (χ3n) is 4.79. The second-order valence-electron chi connectivity index (χ2n) is 7.09. The van der Waals surface area contributed by atoms with E-state index in [1.807, 2.05) is 20.8 Å². The Kier molecular flexibility index (Phi) is 8.66. The quantitative estimate of drug-likeness (QED) is 0.228. The molecule has 2 aromatic carbocycles. The van der Waals surface area contributed by atoms with E-state index in [9.17, 15) is 14.8 Å². The molecule has 10 nitrogen and oxygen atoms in total. The second-order valence-corrected chi connectivity index (χ2v) is 7.09. The number of esters is 2. The fraction of sp³-hybridized carbons (Fsp3) is 0.360. The monoisotopic (exact) mass is 484 g/mol. The summed E-state index contributed by atoms with van der Waals surface area (Å²) in [5.74, 6) is -0.523. The fourth-order valence-electron chi connectivity index (χ4n) is 3.39. The van der Waals surface area contributed by atoms with Crippen molar-refractivity contribution < 1.29 is 38.0 Å². The number of hydrogen-bond acceptors (Lipinski definition) is 9. The number of carbonyl (C=O) groups is 2.